The number of hydrogen-bond acceptors (Lipinski definition) is 4. The van der Waals surface area contributed by atoms with E-state index in [9.17, 15) is 14.4 Å². The van der Waals surface area contributed by atoms with Gasteiger partial charge in [0.1, 0.15) is 11.2 Å². The van der Waals surface area contributed by atoms with Crippen molar-refractivity contribution in [1.82, 2.24) is 19.8 Å². The third-order valence-corrected chi connectivity index (χ3v) is 7.35. The minimum absolute atomic E-state index is 0.0345. The quantitative estimate of drug-likeness (QED) is 0.527. The molecule has 0 radical (unpaired) electrons. The van der Waals surface area contributed by atoms with Gasteiger partial charge in [-0.3, -0.25) is 14.4 Å². The van der Waals surface area contributed by atoms with Crippen molar-refractivity contribution in [3.63, 3.8) is 0 Å². The van der Waals surface area contributed by atoms with Crippen LogP contribution in [0.25, 0.3) is 0 Å². The average Bonchev–Trinajstić information content (AvgIpc) is 3.58. The van der Waals surface area contributed by atoms with Crippen LogP contribution in [0.4, 0.5) is 5.69 Å². The van der Waals surface area contributed by atoms with Gasteiger partial charge < -0.3 is 20.1 Å². The minimum atomic E-state index is -1.10. The van der Waals surface area contributed by atoms with E-state index in [0.29, 0.717) is 17.3 Å². The molecule has 1 aromatic heterocycles. The second-order valence-electron chi connectivity index (χ2n) is 9.79. The highest BCUT2D eigenvalue weighted by Crippen LogP contribution is 2.39. The Bertz CT molecular complexity index is 1380. The molecule has 9 heteroatoms. The SMILES string of the molecule is Cc1cccc(CNC(=O)[C@]2(C)Cn3cnc(C(=O)Nc4cccc(Cl)c4C)c3C(=O)N2C2CC2)c1. The number of benzene rings is 2. The summed E-state index contributed by atoms with van der Waals surface area (Å²) in [6.07, 6.45) is 3.11. The summed E-state index contributed by atoms with van der Waals surface area (Å²) in [7, 11) is 0. The standard InChI is InChI=1S/C27H28ClN5O3/c1-16-6-4-7-18(12-16)13-29-26(36)27(3)14-32-15-30-22(23(32)25(35)33(27)19-10-11-19)24(34)31-21-9-5-8-20(28)17(21)2/h4-9,12,15,19H,10-11,13-14H2,1-3H3,(H,29,36)(H,31,34)/t27-/m0/s1. The summed E-state index contributed by atoms with van der Waals surface area (Å²) in [4.78, 5) is 46.4. The fraction of sp³-hybridized carbons (Fsp3) is 0.333. The summed E-state index contributed by atoms with van der Waals surface area (Å²) in [5.41, 5.74) is 2.51. The number of carbonyl (C=O) groups excluding carboxylic acids is 3. The molecular weight excluding hydrogens is 478 g/mol. The van der Waals surface area contributed by atoms with Crippen LogP contribution >= 0.6 is 11.6 Å². The third kappa shape index (κ3) is 4.26. The van der Waals surface area contributed by atoms with Crippen LogP contribution in [0.2, 0.25) is 5.02 Å². The van der Waals surface area contributed by atoms with Gasteiger partial charge in [-0.2, -0.15) is 0 Å². The lowest BCUT2D eigenvalue weighted by Crippen LogP contribution is -2.64. The summed E-state index contributed by atoms with van der Waals surface area (Å²) < 4.78 is 1.62. The fourth-order valence-corrected chi connectivity index (χ4v) is 5.02. The van der Waals surface area contributed by atoms with E-state index in [1.54, 1.807) is 41.5 Å². The molecule has 8 nitrogen and oxygen atoms in total. The minimum Gasteiger partial charge on any atom is -0.350 e. The summed E-state index contributed by atoms with van der Waals surface area (Å²) in [6, 6.07) is 13.1. The second-order valence-corrected chi connectivity index (χ2v) is 10.2. The summed E-state index contributed by atoms with van der Waals surface area (Å²) in [5, 5.41) is 6.37. The Kier molecular flexibility index (Phi) is 6.08. The van der Waals surface area contributed by atoms with E-state index in [1.807, 2.05) is 31.2 Å². The van der Waals surface area contributed by atoms with Crippen LogP contribution in [0, 0.1) is 13.8 Å². The van der Waals surface area contributed by atoms with Crippen molar-refractivity contribution in [3.8, 4) is 0 Å². The smallest absolute Gasteiger partial charge is 0.276 e. The Morgan fingerprint density at radius 3 is 2.64 bits per heavy atom. The molecule has 1 aliphatic heterocycles. The van der Waals surface area contributed by atoms with Crippen LogP contribution < -0.4 is 10.6 Å². The molecule has 5 rings (SSSR count). The number of carbonyl (C=O) groups is 3. The van der Waals surface area contributed by atoms with Crippen LogP contribution in [-0.4, -0.2) is 43.8 Å². The number of anilines is 1. The number of nitrogens with zero attached hydrogens (tertiary/aromatic N) is 3. The van der Waals surface area contributed by atoms with Gasteiger partial charge in [-0.05, 0) is 56.9 Å². The number of nitrogens with one attached hydrogen (secondary N) is 2. The van der Waals surface area contributed by atoms with Gasteiger partial charge in [0, 0.05) is 23.3 Å². The van der Waals surface area contributed by atoms with Crippen LogP contribution in [-0.2, 0) is 17.9 Å². The predicted molar refractivity (Wildman–Crippen MR) is 137 cm³/mol. The summed E-state index contributed by atoms with van der Waals surface area (Å²) >= 11 is 6.19. The monoisotopic (exact) mass is 505 g/mol. The van der Waals surface area contributed by atoms with E-state index in [2.05, 4.69) is 15.6 Å². The van der Waals surface area contributed by atoms with E-state index < -0.39 is 11.4 Å². The number of rotatable bonds is 6. The zero-order chi connectivity index (χ0) is 25.6. The maximum absolute atomic E-state index is 13.8. The van der Waals surface area contributed by atoms with Crippen molar-refractivity contribution in [1.29, 1.82) is 0 Å². The Morgan fingerprint density at radius 2 is 1.92 bits per heavy atom. The number of halogens is 1. The first-order valence-corrected chi connectivity index (χ1v) is 12.4. The van der Waals surface area contributed by atoms with Crippen molar-refractivity contribution in [2.24, 2.45) is 0 Å². The van der Waals surface area contributed by atoms with Crippen LogP contribution in [0.15, 0.2) is 48.8 Å². The summed E-state index contributed by atoms with van der Waals surface area (Å²) in [5.74, 6) is -1.09. The van der Waals surface area contributed by atoms with Gasteiger partial charge in [0.2, 0.25) is 5.91 Å². The number of aryl methyl sites for hydroxylation is 1. The second kappa shape index (κ2) is 9.09. The predicted octanol–water partition coefficient (Wildman–Crippen LogP) is 4.10. The Morgan fingerprint density at radius 1 is 1.17 bits per heavy atom. The Balaban J connectivity index is 1.41. The van der Waals surface area contributed by atoms with Crippen molar-refractivity contribution in [2.75, 3.05) is 5.32 Å². The van der Waals surface area contributed by atoms with Gasteiger partial charge in [0.05, 0.1) is 12.9 Å². The molecule has 36 heavy (non-hydrogen) atoms. The van der Waals surface area contributed by atoms with Gasteiger partial charge in [-0.1, -0.05) is 47.5 Å². The van der Waals surface area contributed by atoms with E-state index >= 15 is 0 Å². The van der Waals surface area contributed by atoms with Crippen LogP contribution in [0.3, 0.4) is 0 Å². The Hall–Kier alpha value is -3.65. The number of fused-ring (bicyclic) bond motifs is 1. The maximum atomic E-state index is 13.8. The molecule has 0 bridgehead atoms. The molecule has 3 amide bonds. The fourth-order valence-electron chi connectivity index (χ4n) is 4.84. The molecule has 0 saturated heterocycles. The molecule has 1 saturated carbocycles. The van der Waals surface area contributed by atoms with Crippen LogP contribution in [0.5, 0.6) is 0 Å². The largest absolute Gasteiger partial charge is 0.350 e. The number of hydrogen-bond donors (Lipinski definition) is 2. The average molecular weight is 506 g/mol. The summed E-state index contributed by atoms with van der Waals surface area (Å²) in [6.45, 7) is 6.17. The van der Waals surface area contributed by atoms with Crippen molar-refractivity contribution < 1.29 is 14.4 Å². The first kappa shape index (κ1) is 24.1. The molecule has 2 N–H and O–H groups in total. The highest BCUT2D eigenvalue weighted by Gasteiger charge is 2.53. The number of imidazole rings is 1. The van der Waals surface area contributed by atoms with Gasteiger partial charge in [-0.15, -0.1) is 0 Å². The van der Waals surface area contributed by atoms with Crippen LogP contribution in [0.1, 0.15) is 57.4 Å². The first-order valence-electron chi connectivity index (χ1n) is 12.0. The van der Waals surface area contributed by atoms with Gasteiger partial charge in [0.25, 0.3) is 11.8 Å². The van der Waals surface area contributed by atoms with Crippen molar-refractivity contribution in [3.05, 3.63) is 81.9 Å². The van der Waals surface area contributed by atoms with E-state index in [1.165, 1.54) is 6.33 Å². The lowest BCUT2D eigenvalue weighted by atomic mass is 9.93. The zero-order valence-electron chi connectivity index (χ0n) is 20.5. The van der Waals surface area contributed by atoms with E-state index in [4.69, 9.17) is 11.6 Å². The number of amides is 3. The third-order valence-electron chi connectivity index (χ3n) is 6.94. The van der Waals surface area contributed by atoms with Gasteiger partial charge >= 0.3 is 0 Å². The zero-order valence-corrected chi connectivity index (χ0v) is 21.2. The maximum Gasteiger partial charge on any atom is 0.276 e. The molecular formula is C27H28ClN5O3. The first-order chi connectivity index (χ1) is 17.2. The lowest BCUT2D eigenvalue weighted by Gasteiger charge is -2.44. The molecule has 3 aromatic rings. The van der Waals surface area contributed by atoms with Crippen molar-refractivity contribution >= 4 is 35.0 Å². The van der Waals surface area contributed by atoms with E-state index in [0.717, 1.165) is 29.5 Å². The van der Waals surface area contributed by atoms with Crippen molar-refractivity contribution in [2.45, 2.75) is 58.3 Å². The highest BCUT2D eigenvalue weighted by molar-refractivity contribution is 6.31. The molecule has 2 aliphatic rings. The molecule has 2 heterocycles. The molecule has 0 unspecified atom stereocenters. The molecule has 186 valence electrons. The molecule has 1 fully saturated rings. The van der Waals surface area contributed by atoms with E-state index in [-0.39, 0.29) is 35.8 Å². The molecule has 1 atom stereocenters. The van der Waals surface area contributed by atoms with Gasteiger partial charge in [-0.25, -0.2) is 4.98 Å². The molecule has 0 spiro atoms. The lowest BCUT2D eigenvalue weighted by molar-refractivity contribution is -0.133. The number of aromatic nitrogens is 2. The molecule has 2 aromatic carbocycles. The topological polar surface area (TPSA) is 96.3 Å². The highest BCUT2D eigenvalue weighted by atomic mass is 35.5. The Labute approximate surface area is 214 Å². The molecule has 1 aliphatic carbocycles. The van der Waals surface area contributed by atoms with Gasteiger partial charge in [0.15, 0.2) is 5.69 Å². The normalized spacial score (nSPS) is 19.1.